The molecule has 1 aromatic rings. The highest BCUT2D eigenvalue weighted by Crippen LogP contribution is 2.27. The zero-order valence-electron chi connectivity index (χ0n) is 14.5. The minimum absolute atomic E-state index is 0.111. The van der Waals surface area contributed by atoms with Crippen LogP contribution < -0.4 is 0 Å². The summed E-state index contributed by atoms with van der Waals surface area (Å²) in [5.41, 5.74) is 0.684. The predicted molar refractivity (Wildman–Crippen MR) is 92.9 cm³/mol. The smallest absolute Gasteiger partial charge is 0.306 e. The molecule has 0 spiro atoms. The van der Waals surface area contributed by atoms with Crippen molar-refractivity contribution in [1.29, 1.82) is 0 Å². The molecular weight excluding hydrogens is 326 g/mol. The van der Waals surface area contributed by atoms with Gasteiger partial charge in [-0.15, -0.1) is 0 Å². The van der Waals surface area contributed by atoms with E-state index >= 15 is 0 Å². The molecular formula is C18H27NO4S. The molecule has 0 heterocycles. The zero-order valence-corrected chi connectivity index (χ0v) is 15.3. The van der Waals surface area contributed by atoms with Gasteiger partial charge < -0.3 is 4.74 Å². The summed E-state index contributed by atoms with van der Waals surface area (Å²) in [5, 5.41) is 0. The Bertz CT molecular complexity index is 649. The molecule has 0 amide bonds. The van der Waals surface area contributed by atoms with Crippen LogP contribution in [0, 0.1) is 5.92 Å². The first-order chi connectivity index (χ1) is 11.4. The maximum absolute atomic E-state index is 12.1. The standard InChI is InChI=1S/C18H27NO4S/c1-19(2)24(21,22)17-10-6-9-16(13-17)14-23-18(20)12-11-15-7-4-3-5-8-15/h6,9-10,13,15H,3-5,7-8,11-12,14H2,1-2H3. The Morgan fingerprint density at radius 2 is 1.92 bits per heavy atom. The van der Waals surface area contributed by atoms with Gasteiger partial charge in [0.1, 0.15) is 6.61 Å². The van der Waals surface area contributed by atoms with E-state index in [1.54, 1.807) is 24.3 Å². The molecule has 1 aliphatic rings. The Labute approximate surface area is 145 Å². The molecule has 0 aromatic heterocycles. The molecule has 0 bridgehead atoms. The molecule has 2 rings (SSSR count). The lowest BCUT2D eigenvalue weighted by molar-refractivity contribution is -0.145. The highest BCUT2D eigenvalue weighted by molar-refractivity contribution is 7.89. The van der Waals surface area contributed by atoms with Crippen LogP contribution in [0.25, 0.3) is 0 Å². The van der Waals surface area contributed by atoms with Gasteiger partial charge in [-0.25, -0.2) is 12.7 Å². The molecule has 134 valence electrons. The van der Waals surface area contributed by atoms with E-state index in [4.69, 9.17) is 4.74 Å². The van der Waals surface area contributed by atoms with E-state index in [-0.39, 0.29) is 17.5 Å². The molecule has 0 saturated heterocycles. The fourth-order valence-electron chi connectivity index (χ4n) is 3.04. The second kappa shape index (κ2) is 8.62. The van der Waals surface area contributed by atoms with Crippen molar-refractivity contribution in [3.63, 3.8) is 0 Å². The third kappa shape index (κ3) is 5.31. The highest BCUT2D eigenvalue weighted by atomic mass is 32.2. The van der Waals surface area contributed by atoms with Crippen LogP contribution in [0.4, 0.5) is 0 Å². The van der Waals surface area contributed by atoms with Gasteiger partial charge in [0, 0.05) is 20.5 Å². The number of ether oxygens (including phenoxy) is 1. The molecule has 1 saturated carbocycles. The van der Waals surface area contributed by atoms with E-state index in [1.807, 2.05) is 0 Å². The van der Waals surface area contributed by atoms with Crippen LogP contribution in [-0.4, -0.2) is 32.8 Å². The summed E-state index contributed by atoms with van der Waals surface area (Å²) < 4.78 is 30.7. The number of carbonyl (C=O) groups is 1. The predicted octanol–water partition coefficient (Wildman–Crippen LogP) is 3.34. The van der Waals surface area contributed by atoms with Crippen LogP contribution in [0.3, 0.4) is 0 Å². The number of nitrogens with zero attached hydrogens (tertiary/aromatic N) is 1. The number of carbonyl (C=O) groups excluding carboxylic acids is 1. The average Bonchev–Trinajstić information content (AvgIpc) is 2.59. The maximum atomic E-state index is 12.1. The lowest BCUT2D eigenvalue weighted by Gasteiger charge is -2.20. The summed E-state index contributed by atoms with van der Waals surface area (Å²) in [5.74, 6) is 0.446. The second-order valence-corrected chi connectivity index (χ2v) is 8.79. The molecule has 1 aromatic carbocycles. The molecule has 1 aliphatic carbocycles. The first-order valence-electron chi connectivity index (χ1n) is 8.56. The van der Waals surface area contributed by atoms with Gasteiger partial charge in [-0.1, -0.05) is 44.2 Å². The molecule has 0 aliphatic heterocycles. The van der Waals surface area contributed by atoms with Gasteiger partial charge in [-0.05, 0) is 30.0 Å². The molecule has 1 fully saturated rings. The van der Waals surface area contributed by atoms with Crippen molar-refractivity contribution >= 4 is 16.0 Å². The lowest BCUT2D eigenvalue weighted by atomic mass is 9.86. The summed E-state index contributed by atoms with van der Waals surface area (Å²) >= 11 is 0. The first kappa shape index (κ1) is 18.9. The van der Waals surface area contributed by atoms with Crippen LogP contribution in [0.2, 0.25) is 0 Å². The molecule has 24 heavy (non-hydrogen) atoms. The topological polar surface area (TPSA) is 63.7 Å². The summed E-state index contributed by atoms with van der Waals surface area (Å²) in [6.45, 7) is 0.111. The Kier molecular flexibility index (Phi) is 6.80. The minimum Gasteiger partial charge on any atom is -0.461 e. The number of esters is 1. The van der Waals surface area contributed by atoms with Crippen molar-refractivity contribution in [3.05, 3.63) is 29.8 Å². The van der Waals surface area contributed by atoms with Gasteiger partial charge >= 0.3 is 5.97 Å². The molecule has 0 unspecified atom stereocenters. The van der Waals surface area contributed by atoms with Gasteiger partial charge in [0.15, 0.2) is 0 Å². The quantitative estimate of drug-likeness (QED) is 0.705. The van der Waals surface area contributed by atoms with Crippen LogP contribution in [0.5, 0.6) is 0 Å². The minimum atomic E-state index is -3.47. The molecule has 6 heteroatoms. The summed E-state index contributed by atoms with van der Waals surface area (Å²) in [7, 11) is -0.483. The Morgan fingerprint density at radius 1 is 1.21 bits per heavy atom. The number of hydrogen-bond acceptors (Lipinski definition) is 4. The van der Waals surface area contributed by atoms with Crippen LogP contribution in [0.15, 0.2) is 29.2 Å². The first-order valence-corrected chi connectivity index (χ1v) is 10.0. The molecule has 0 atom stereocenters. The normalized spacial score (nSPS) is 16.3. The van der Waals surface area contributed by atoms with Crippen molar-refractivity contribution < 1.29 is 17.9 Å². The Hall–Kier alpha value is -1.40. The Morgan fingerprint density at radius 3 is 2.58 bits per heavy atom. The number of hydrogen-bond donors (Lipinski definition) is 0. The largest absolute Gasteiger partial charge is 0.461 e. The molecule has 0 radical (unpaired) electrons. The van der Waals surface area contributed by atoms with E-state index in [9.17, 15) is 13.2 Å². The van der Waals surface area contributed by atoms with Gasteiger partial charge in [0.25, 0.3) is 0 Å². The fraction of sp³-hybridized carbons (Fsp3) is 0.611. The van der Waals surface area contributed by atoms with Crippen LogP contribution in [0.1, 0.15) is 50.5 Å². The number of benzene rings is 1. The van der Waals surface area contributed by atoms with Crippen LogP contribution in [-0.2, 0) is 26.2 Å². The number of rotatable bonds is 7. The van der Waals surface area contributed by atoms with Crippen molar-refractivity contribution in [2.24, 2.45) is 5.92 Å². The van der Waals surface area contributed by atoms with Crippen molar-refractivity contribution in [1.82, 2.24) is 4.31 Å². The highest BCUT2D eigenvalue weighted by Gasteiger charge is 2.18. The van der Waals surface area contributed by atoms with E-state index < -0.39 is 10.0 Å². The number of sulfonamides is 1. The third-order valence-corrected chi connectivity index (χ3v) is 6.37. The fourth-order valence-corrected chi connectivity index (χ4v) is 4.01. The van der Waals surface area contributed by atoms with Crippen molar-refractivity contribution in [3.8, 4) is 0 Å². The third-order valence-electron chi connectivity index (χ3n) is 4.56. The summed E-state index contributed by atoms with van der Waals surface area (Å²) in [6, 6.07) is 6.54. The van der Waals surface area contributed by atoms with E-state index in [1.165, 1.54) is 50.5 Å². The second-order valence-electron chi connectivity index (χ2n) is 6.64. The monoisotopic (exact) mass is 353 g/mol. The van der Waals surface area contributed by atoms with E-state index in [2.05, 4.69) is 0 Å². The van der Waals surface area contributed by atoms with Gasteiger partial charge in [-0.2, -0.15) is 0 Å². The van der Waals surface area contributed by atoms with Crippen LogP contribution >= 0.6 is 0 Å². The van der Waals surface area contributed by atoms with Crippen molar-refractivity contribution in [2.45, 2.75) is 56.4 Å². The van der Waals surface area contributed by atoms with E-state index in [0.29, 0.717) is 17.9 Å². The van der Waals surface area contributed by atoms with E-state index in [0.717, 1.165) is 6.42 Å². The summed E-state index contributed by atoms with van der Waals surface area (Å²) in [4.78, 5) is 12.1. The van der Waals surface area contributed by atoms with Crippen molar-refractivity contribution in [2.75, 3.05) is 14.1 Å². The van der Waals surface area contributed by atoms with Gasteiger partial charge in [0.05, 0.1) is 4.90 Å². The lowest BCUT2D eigenvalue weighted by Crippen LogP contribution is -2.22. The van der Waals surface area contributed by atoms with Gasteiger partial charge in [0.2, 0.25) is 10.0 Å². The molecule has 5 nitrogen and oxygen atoms in total. The SMILES string of the molecule is CN(C)S(=O)(=O)c1cccc(COC(=O)CCC2CCCCC2)c1. The Balaban J connectivity index is 1.84. The average molecular weight is 353 g/mol. The van der Waals surface area contributed by atoms with Gasteiger partial charge in [-0.3, -0.25) is 4.79 Å². The molecule has 0 N–H and O–H groups in total. The summed E-state index contributed by atoms with van der Waals surface area (Å²) in [6.07, 6.45) is 7.64. The maximum Gasteiger partial charge on any atom is 0.306 e. The zero-order chi connectivity index (χ0) is 17.6.